The Kier molecular flexibility index (Phi) is 5.46. The van der Waals surface area contributed by atoms with Gasteiger partial charge in [-0.15, -0.1) is 6.58 Å². The summed E-state index contributed by atoms with van der Waals surface area (Å²) in [7, 11) is 0. The van der Waals surface area contributed by atoms with Crippen molar-refractivity contribution in [2.75, 3.05) is 0 Å². The van der Waals surface area contributed by atoms with Gasteiger partial charge in [-0.1, -0.05) is 60.2 Å². The summed E-state index contributed by atoms with van der Waals surface area (Å²) in [5.74, 6) is 0.984. The number of aromatic hydroxyl groups is 1. The summed E-state index contributed by atoms with van der Waals surface area (Å²) in [6.07, 6.45) is 8.72. The van der Waals surface area contributed by atoms with E-state index in [-0.39, 0.29) is 5.92 Å². The molecule has 1 aliphatic carbocycles. The Balaban J connectivity index is 1.93. The van der Waals surface area contributed by atoms with Gasteiger partial charge in [0.2, 0.25) is 0 Å². The van der Waals surface area contributed by atoms with Crippen molar-refractivity contribution in [1.29, 1.82) is 0 Å². The van der Waals surface area contributed by atoms with E-state index in [4.69, 9.17) is 0 Å². The van der Waals surface area contributed by atoms with Crippen molar-refractivity contribution in [3.8, 4) is 5.75 Å². The molecule has 0 spiro atoms. The minimum Gasteiger partial charge on any atom is -0.508 e. The molecular weight excluding hydrogens is 316 g/mol. The van der Waals surface area contributed by atoms with Crippen molar-refractivity contribution in [1.82, 2.24) is 0 Å². The third kappa shape index (κ3) is 3.83. The Hall–Kier alpha value is -2.54. The predicted molar refractivity (Wildman–Crippen MR) is 112 cm³/mol. The number of hydrogen-bond acceptors (Lipinski definition) is 1. The summed E-state index contributed by atoms with van der Waals surface area (Å²) in [6, 6.07) is 14.5. The second-order valence-electron chi connectivity index (χ2n) is 7.43. The van der Waals surface area contributed by atoms with E-state index in [1.807, 2.05) is 12.1 Å². The Labute approximate surface area is 157 Å². The van der Waals surface area contributed by atoms with Crippen LogP contribution in [0.1, 0.15) is 54.9 Å². The van der Waals surface area contributed by atoms with Crippen molar-refractivity contribution in [3.05, 3.63) is 89.0 Å². The molecule has 134 valence electrons. The molecule has 0 aromatic heterocycles. The maximum Gasteiger partial charge on any atom is 0.119 e. The average molecular weight is 344 g/mol. The highest BCUT2D eigenvalue weighted by Crippen LogP contribution is 2.41. The van der Waals surface area contributed by atoms with Crippen LogP contribution >= 0.6 is 0 Å². The van der Waals surface area contributed by atoms with Crippen LogP contribution < -0.4 is 0 Å². The third-order valence-electron chi connectivity index (χ3n) is 5.51. The molecule has 0 fully saturated rings. The van der Waals surface area contributed by atoms with E-state index in [1.165, 1.54) is 16.7 Å². The number of rotatable bonds is 4. The van der Waals surface area contributed by atoms with Gasteiger partial charge in [-0.05, 0) is 67.9 Å². The monoisotopic (exact) mass is 344 g/mol. The van der Waals surface area contributed by atoms with E-state index < -0.39 is 0 Å². The van der Waals surface area contributed by atoms with Gasteiger partial charge in [0.25, 0.3) is 0 Å². The van der Waals surface area contributed by atoms with Crippen molar-refractivity contribution in [3.63, 3.8) is 0 Å². The van der Waals surface area contributed by atoms with Crippen LogP contribution in [0.5, 0.6) is 5.75 Å². The van der Waals surface area contributed by atoms with Crippen LogP contribution in [0.25, 0.3) is 11.6 Å². The van der Waals surface area contributed by atoms with Gasteiger partial charge < -0.3 is 5.11 Å². The summed E-state index contributed by atoms with van der Waals surface area (Å²) in [5, 5.41) is 10.7. The summed E-state index contributed by atoms with van der Waals surface area (Å²) in [6.45, 7) is 10.4. The van der Waals surface area contributed by atoms with Crippen LogP contribution in [0.2, 0.25) is 0 Å². The van der Waals surface area contributed by atoms with Gasteiger partial charge in [-0.3, -0.25) is 0 Å². The Morgan fingerprint density at radius 2 is 1.92 bits per heavy atom. The zero-order valence-electron chi connectivity index (χ0n) is 16.0. The molecule has 0 heterocycles. The van der Waals surface area contributed by atoms with Gasteiger partial charge in [-0.25, -0.2) is 0 Å². The molecule has 0 saturated heterocycles. The fourth-order valence-corrected chi connectivity index (χ4v) is 3.81. The standard InChI is InChI=1S/C25H28O/c1-5-20-11-10-17(2)14-24(20)23-13-12-22(16-25(23)26)19(4)15-21-9-7-6-8-18(21)3/h5-9,12-16,20,24,26H,1,10-11H2,2-4H3/b19-15+. The molecule has 2 atom stereocenters. The molecule has 1 aliphatic rings. The van der Waals surface area contributed by atoms with Crippen molar-refractivity contribution >= 4 is 11.6 Å². The first-order chi connectivity index (χ1) is 12.5. The van der Waals surface area contributed by atoms with Gasteiger partial charge >= 0.3 is 0 Å². The van der Waals surface area contributed by atoms with Gasteiger partial charge in [0.05, 0.1) is 0 Å². The number of aryl methyl sites for hydroxylation is 1. The first-order valence-electron chi connectivity index (χ1n) is 9.36. The molecule has 1 heteroatoms. The van der Waals surface area contributed by atoms with Crippen molar-refractivity contribution < 1.29 is 5.11 Å². The predicted octanol–water partition coefficient (Wildman–Crippen LogP) is 6.89. The largest absolute Gasteiger partial charge is 0.508 e. The zero-order valence-corrected chi connectivity index (χ0v) is 16.0. The average Bonchev–Trinajstić information content (AvgIpc) is 2.63. The smallest absolute Gasteiger partial charge is 0.119 e. The first-order valence-corrected chi connectivity index (χ1v) is 9.36. The molecule has 2 aromatic rings. The lowest BCUT2D eigenvalue weighted by molar-refractivity contribution is 0.444. The molecular formula is C25H28O. The molecule has 0 amide bonds. The van der Waals surface area contributed by atoms with E-state index in [0.29, 0.717) is 11.7 Å². The van der Waals surface area contributed by atoms with Crippen LogP contribution in [0, 0.1) is 12.8 Å². The Morgan fingerprint density at radius 3 is 2.62 bits per heavy atom. The number of allylic oxidation sites excluding steroid dienone is 4. The Morgan fingerprint density at radius 1 is 1.15 bits per heavy atom. The van der Waals surface area contributed by atoms with E-state index in [2.05, 4.69) is 75.9 Å². The minimum atomic E-state index is 0.218. The quantitative estimate of drug-likeness (QED) is 0.473. The van der Waals surface area contributed by atoms with Crippen LogP contribution in [0.3, 0.4) is 0 Å². The lowest BCUT2D eigenvalue weighted by Crippen LogP contribution is -2.14. The molecule has 0 radical (unpaired) electrons. The van der Waals surface area contributed by atoms with Crippen LogP contribution in [0.4, 0.5) is 0 Å². The molecule has 3 rings (SSSR count). The molecule has 26 heavy (non-hydrogen) atoms. The highest BCUT2D eigenvalue weighted by Gasteiger charge is 2.25. The minimum absolute atomic E-state index is 0.218. The van der Waals surface area contributed by atoms with Gasteiger partial charge in [-0.2, -0.15) is 0 Å². The lowest BCUT2D eigenvalue weighted by atomic mass is 9.77. The second-order valence-corrected chi connectivity index (χ2v) is 7.43. The summed E-state index contributed by atoms with van der Waals surface area (Å²) in [4.78, 5) is 0. The van der Waals surface area contributed by atoms with E-state index in [9.17, 15) is 5.11 Å². The van der Waals surface area contributed by atoms with Crippen LogP contribution in [0.15, 0.2) is 66.8 Å². The number of benzene rings is 2. The number of phenolic OH excluding ortho intramolecular Hbond substituents is 1. The zero-order chi connectivity index (χ0) is 18.7. The highest BCUT2D eigenvalue weighted by atomic mass is 16.3. The molecule has 0 bridgehead atoms. The normalized spacial score (nSPS) is 20.6. The number of hydrogen-bond donors (Lipinski definition) is 1. The Bertz CT molecular complexity index is 869. The maximum atomic E-state index is 10.7. The summed E-state index contributed by atoms with van der Waals surface area (Å²) >= 11 is 0. The third-order valence-corrected chi connectivity index (χ3v) is 5.51. The molecule has 1 N–H and O–H groups in total. The second kappa shape index (κ2) is 7.78. The van der Waals surface area contributed by atoms with Gasteiger partial charge in [0.15, 0.2) is 0 Å². The molecule has 2 aromatic carbocycles. The van der Waals surface area contributed by atoms with Crippen molar-refractivity contribution in [2.45, 2.75) is 39.5 Å². The summed E-state index contributed by atoms with van der Waals surface area (Å²) in [5.41, 5.74) is 7.07. The topological polar surface area (TPSA) is 20.2 Å². The number of phenols is 1. The summed E-state index contributed by atoms with van der Waals surface area (Å²) < 4.78 is 0. The molecule has 1 nitrogen and oxygen atoms in total. The first kappa shape index (κ1) is 18.3. The van der Waals surface area contributed by atoms with E-state index in [0.717, 1.165) is 29.5 Å². The molecule has 0 aliphatic heterocycles. The van der Waals surface area contributed by atoms with Crippen LogP contribution in [-0.4, -0.2) is 5.11 Å². The SMILES string of the molecule is C=CC1CCC(C)=CC1c1ccc(/C(C)=C/c2ccccc2C)cc1O. The van der Waals surface area contributed by atoms with Crippen LogP contribution in [-0.2, 0) is 0 Å². The fourth-order valence-electron chi connectivity index (χ4n) is 3.81. The van der Waals surface area contributed by atoms with Gasteiger partial charge in [0, 0.05) is 11.5 Å². The van der Waals surface area contributed by atoms with E-state index in [1.54, 1.807) is 0 Å². The molecule has 2 unspecified atom stereocenters. The highest BCUT2D eigenvalue weighted by molar-refractivity contribution is 5.81. The fraction of sp³-hybridized carbons (Fsp3) is 0.280. The molecule has 0 saturated carbocycles. The van der Waals surface area contributed by atoms with Crippen molar-refractivity contribution in [2.24, 2.45) is 5.92 Å². The van der Waals surface area contributed by atoms with Gasteiger partial charge in [0.1, 0.15) is 5.75 Å². The lowest BCUT2D eigenvalue weighted by Gasteiger charge is -2.28. The maximum absolute atomic E-state index is 10.7. The van der Waals surface area contributed by atoms with E-state index >= 15 is 0 Å².